The fourth-order valence-corrected chi connectivity index (χ4v) is 3.42. The number of carbonyl (C=O) groups is 1. The van der Waals surface area contributed by atoms with Gasteiger partial charge in [0, 0.05) is 29.8 Å². The zero-order valence-corrected chi connectivity index (χ0v) is 10.9. The first-order valence-electron chi connectivity index (χ1n) is 6.57. The van der Waals surface area contributed by atoms with Gasteiger partial charge < -0.3 is 10.0 Å². The summed E-state index contributed by atoms with van der Waals surface area (Å²) in [6, 6.07) is 3.65. The average Bonchev–Trinajstić information content (AvgIpc) is 2.24. The first-order chi connectivity index (χ1) is 8.97. The molecule has 1 aromatic rings. The average molecular weight is 264 g/mol. The van der Waals surface area contributed by atoms with E-state index >= 15 is 0 Å². The normalized spacial score (nSPS) is 21.1. The Hall–Kier alpha value is -1.65. The molecule has 5 heteroatoms. The van der Waals surface area contributed by atoms with Crippen molar-refractivity contribution in [2.75, 3.05) is 13.1 Å². The van der Waals surface area contributed by atoms with Crippen molar-refractivity contribution in [1.29, 1.82) is 0 Å². The highest BCUT2D eigenvalue weighted by molar-refractivity contribution is 5.66. The van der Waals surface area contributed by atoms with E-state index in [1.807, 2.05) is 6.07 Å². The number of halogens is 1. The first-order valence-corrected chi connectivity index (χ1v) is 6.57. The molecule has 1 amide bonds. The van der Waals surface area contributed by atoms with Gasteiger partial charge in [0.1, 0.15) is 0 Å². The minimum absolute atomic E-state index is 0.215. The minimum Gasteiger partial charge on any atom is -0.465 e. The summed E-state index contributed by atoms with van der Waals surface area (Å²) < 4.78 is 13.3. The summed E-state index contributed by atoms with van der Waals surface area (Å²) in [6.45, 7) is 3.03. The maximum atomic E-state index is 13.3. The van der Waals surface area contributed by atoms with Crippen molar-refractivity contribution >= 4 is 6.09 Å². The van der Waals surface area contributed by atoms with Gasteiger partial charge in [-0.15, -0.1) is 0 Å². The lowest BCUT2D eigenvalue weighted by Gasteiger charge is -2.58. The number of aryl methyl sites for hydroxylation is 1. The molecule has 0 unspecified atom stereocenters. The third kappa shape index (κ3) is 2.17. The monoisotopic (exact) mass is 264 g/mol. The highest BCUT2D eigenvalue weighted by atomic mass is 19.1. The van der Waals surface area contributed by atoms with Gasteiger partial charge >= 0.3 is 6.09 Å². The Morgan fingerprint density at radius 3 is 2.79 bits per heavy atom. The number of rotatable bonds is 2. The molecule has 2 aliphatic rings. The summed E-state index contributed by atoms with van der Waals surface area (Å²) in [7, 11) is 0. The molecule has 0 aromatic carbocycles. The van der Waals surface area contributed by atoms with Crippen LogP contribution in [0.2, 0.25) is 0 Å². The summed E-state index contributed by atoms with van der Waals surface area (Å²) in [4.78, 5) is 16.1. The van der Waals surface area contributed by atoms with Crippen LogP contribution in [0.5, 0.6) is 0 Å². The fourth-order valence-electron chi connectivity index (χ4n) is 3.42. The SMILES string of the molecule is Cc1ccc(CC2CC3(C2)CN(C(=O)O)C3)nc1F. The Kier molecular flexibility index (Phi) is 2.73. The van der Waals surface area contributed by atoms with E-state index in [-0.39, 0.29) is 11.4 Å². The van der Waals surface area contributed by atoms with E-state index in [1.165, 1.54) is 4.90 Å². The number of likely N-dealkylation sites (tertiary alicyclic amines) is 1. The molecule has 1 aliphatic carbocycles. The van der Waals surface area contributed by atoms with Crippen LogP contribution >= 0.6 is 0 Å². The van der Waals surface area contributed by atoms with Crippen molar-refractivity contribution in [3.63, 3.8) is 0 Å². The second kappa shape index (κ2) is 4.18. The Morgan fingerprint density at radius 1 is 1.53 bits per heavy atom. The summed E-state index contributed by atoms with van der Waals surface area (Å²) in [5, 5.41) is 8.82. The summed E-state index contributed by atoms with van der Waals surface area (Å²) in [6.07, 6.45) is 2.05. The van der Waals surface area contributed by atoms with Gasteiger partial charge in [-0.2, -0.15) is 4.39 Å². The molecular formula is C14H17FN2O2. The van der Waals surface area contributed by atoms with Crippen molar-refractivity contribution < 1.29 is 14.3 Å². The van der Waals surface area contributed by atoms with Gasteiger partial charge in [-0.25, -0.2) is 9.78 Å². The van der Waals surface area contributed by atoms with Crippen LogP contribution in [0.4, 0.5) is 9.18 Å². The van der Waals surface area contributed by atoms with Gasteiger partial charge in [-0.05, 0) is 38.2 Å². The maximum absolute atomic E-state index is 13.3. The van der Waals surface area contributed by atoms with Gasteiger partial charge in [0.15, 0.2) is 0 Å². The Labute approximate surface area is 111 Å². The van der Waals surface area contributed by atoms with Crippen LogP contribution in [0.3, 0.4) is 0 Å². The number of carboxylic acid groups (broad SMARTS) is 1. The van der Waals surface area contributed by atoms with Crippen molar-refractivity contribution in [3.05, 3.63) is 29.3 Å². The molecular weight excluding hydrogens is 247 g/mol. The van der Waals surface area contributed by atoms with Crippen molar-refractivity contribution in [2.24, 2.45) is 11.3 Å². The Balaban J connectivity index is 1.52. The van der Waals surface area contributed by atoms with Crippen molar-refractivity contribution in [3.8, 4) is 0 Å². The van der Waals surface area contributed by atoms with Crippen molar-refractivity contribution in [1.82, 2.24) is 9.88 Å². The predicted molar refractivity (Wildman–Crippen MR) is 67.4 cm³/mol. The van der Waals surface area contributed by atoms with Gasteiger partial charge in [-0.1, -0.05) is 6.07 Å². The molecule has 1 N–H and O–H groups in total. The second-order valence-corrected chi connectivity index (χ2v) is 6.03. The molecule has 1 aromatic heterocycles. The molecule has 1 saturated carbocycles. The van der Waals surface area contributed by atoms with Crippen LogP contribution in [0.1, 0.15) is 24.1 Å². The third-order valence-electron chi connectivity index (χ3n) is 4.36. The molecule has 0 radical (unpaired) electrons. The second-order valence-electron chi connectivity index (χ2n) is 6.03. The largest absolute Gasteiger partial charge is 0.465 e. The first kappa shape index (κ1) is 12.4. The van der Waals surface area contributed by atoms with Gasteiger partial charge in [0.2, 0.25) is 5.95 Å². The molecule has 0 atom stereocenters. The van der Waals surface area contributed by atoms with Crippen molar-refractivity contribution in [2.45, 2.75) is 26.2 Å². The molecule has 3 rings (SSSR count). The Morgan fingerprint density at radius 2 is 2.21 bits per heavy atom. The van der Waals surface area contributed by atoms with Crippen LogP contribution in [0.15, 0.2) is 12.1 Å². The Bertz CT molecular complexity index is 518. The fraction of sp³-hybridized carbons (Fsp3) is 0.571. The number of nitrogens with zero attached hydrogens (tertiary/aromatic N) is 2. The molecule has 2 fully saturated rings. The topological polar surface area (TPSA) is 53.4 Å². The zero-order chi connectivity index (χ0) is 13.6. The van der Waals surface area contributed by atoms with E-state index < -0.39 is 6.09 Å². The van der Waals surface area contributed by atoms with E-state index in [4.69, 9.17) is 5.11 Å². The lowest BCUT2D eigenvalue weighted by atomic mass is 9.57. The summed E-state index contributed by atoms with van der Waals surface area (Å²) in [5.41, 5.74) is 1.59. The van der Waals surface area contributed by atoms with Crippen LogP contribution in [0.25, 0.3) is 0 Å². The van der Waals surface area contributed by atoms with Gasteiger partial charge in [-0.3, -0.25) is 0 Å². The molecule has 0 bridgehead atoms. The molecule has 2 heterocycles. The van der Waals surface area contributed by atoms with Gasteiger partial charge in [0.05, 0.1) is 0 Å². The van der Waals surface area contributed by atoms with Crippen LogP contribution in [0, 0.1) is 24.2 Å². The molecule has 102 valence electrons. The quantitative estimate of drug-likeness (QED) is 0.835. The van der Waals surface area contributed by atoms with E-state index in [0.717, 1.165) is 25.0 Å². The smallest absolute Gasteiger partial charge is 0.407 e. The maximum Gasteiger partial charge on any atom is 0.407 e. The van der Waals surface area contributed by atoms with Crippen LogP contribution < -0.4 is 0 Å². The van der Waals surface area contributed by atoms with E-state index in [0.29, 0.717) is 24.6 Å². The zero-order valence-electron chi connectivity index (χ0n) is 10.9. The third-order valence-corrected chi connectivity index (χ3v) is 4.36. The number of pyridine rings is 1. The van der Waals surface area contributed by atoms with Gasteiger partial charge in [0.25, 0.3) is 0 Å². The number of amides is 1. The van der Waals surface area contributed by atoms with E-state index in [2.05, 4.69) is 4.98 Å². The molecule has 1 saturated heterocycles. The summed E-state index contributed by atoms with van der Waals surface area (Å²) >= 11 is 0. The highest BCUT2D eigenvalue weighted by Crippen LogP contribution is 2.52. The molecule has 1 spiro atoms. The number of hydrogen-bond acceptors (Lipinski definition) is 2. The number of aromatic nitrogens is 1. The lowest BCUT2D eigenvalue weighted by Crippen LogP contribution is -2.63. The van der Waals surface area contributed by atoms with E-state index in [1.54, 1.807) is 13.0 Å². The number of hydrogen-bond donors (Lipinski definition) is 1. The summed E-state index contributed by atoms with van der Waals surface area (Å²) in [5.74, 6) is 0.137. The molecule has 4 nitrogen and oxygen atoms in total. The lowest BCUT2D eigenvalue weighted by molar-refractivity contribution is -0.0796. The van der Waals surface area contributed by atoms with Crippen LogP contribution in [-0.2, 0) is 6.42 Å². The van der Waals surface area contributed by atoms with Crippen LogP contribution in [-0.4, -0.2) is 34.2 Å². The van der Waals surface area contributed by atoms with E-state index in [9.17, 15) is 9.18 Å². The minimum atomic E-state index is -0.823. The molecule has 1 aliphatic heterocycles. The standard InChI is InChI=1S/C14H17FN2O2/c1-9-2-3-11(16-12(9)15)4-10-5-14(6-10)7-17(8-14)13(18)19/h2-3,10H,4-8H2,1H3,(H,18,19). The predicted octanol–water partition coefficient (Wildman–Crippen LogP) is 2.46. The molecule has 19 heavy (non-hydrogen) atoms. The highest BCUT2D eigenvalue weighted by Gasteiger charge is 2.53.